The number of carbonyl (C=O) groups excluding carboxylic acids is 1. The highest BCUT2D eigenvalue weighted by Gasteiger charge is 2.15. The molecule has 0 radical (unpaired) electrons. The van der Waals surface area contributed by atoms with Crippen molar-refractivity contribution in [1.29, 1.82) is 0 Å². The van der Waals surface area contributed by atoms with E-state index in [4.69, 9.17) is 0 Å². The SMILES string of the molecule is Cc1cc([N+](=O)[O-])cnc1N(C)CC(=O)Nc1cccc(C)c1C. The fourth-order valence-electron chi connectivity index (χ4n) is 2.42. The highest BCUT2D eigenvalue weighted by atomic mass is 16.6. The number of carbonyl (C=O) groups is 1. The molecule has 1 heterocycles. The van der Waals surface area contributed by atoms with Crippen LogP contribution in [0.1, 0.15) is 16.7 Å². The van der Waals surface area contributed by atoms with Gasteiger partial charge in [-0.1, -0.05) is 12.1 Å². The van der Waals surface area contributed by atoms with Crippen LogP contribution in [0.25, 0.3) is 0 Å². The molecule has 0 aliphatic rings. The fraction of sp³-hybridized carbons (Fsp3) is 0.294. The number of nitrogens with zero attached hydrogens (tertiary/aromatic N) is 3. The number of hydrogen-bond donors (Lipinski definition) is 1. The molecule has 0 atom stereocenters. The van der Waals surface area contributed by atoms with E-state index in [0.717, 1.165) is 16.8 Å². The van der Waals surface area contributed by atoms with Crippen LogP contribution in [-0.4, -0.2) is 29.4 Å². The maximum Gasteiger partial charge on any atom is 0.287 e. The van der Waals surface area contributed by atoms with Gasteiger partial charge < -0.3 is 10.2 Å². The Morgan fingerprint density at radius 1 is 1.29 bits per heavy atom. The third-order valence-corrected chi connectivity index (χ3v) is 3.87. The molecule has 0 saturated carbocycles. The second-order valence-corrected chi connectivity index (χ2v) is 5.74. The molecule has 0 aliphatic carbocycles. The van der Waals surface area contributed by atoms with Gasteiger partial charge in [-0.15, -0.1) is 0 Å². The third-order valence-electron chi connectivity index (χ3n) is 3.87. The van der Waals surface area contributed by atoms with E-state index in [1.807, 2.05) is 32.0 Å². The van der Waals surface area contributed by atoms with E-state index in [1.54, 1.807) is 18.9 Å². The molecule has 0 saturated heterocycles. The standard InChI is InChI=1S/C17H20N4O3/c1-11-6-5-7-15(13(11)3)19-16(22)10-20(4)17-12(2)8-14(9-18-17)21(23)24/h5-9H,10H2,1-4H3,(H,19,22). The molecule has 7 nitrogen and oxygen atoms in total. The van der Waals surface area contributed by atoms with Crippen LogP contribution < -0.4 is 10.2 Å². The summed E-state index contributed by atoms with van der Waals surface area (Å²) in [5.41, 5.74) is 3.49. The molecule has 1 aromatic carbocycles. The number of rotatable bonds is 5. The maximum absolute atomic E-state index is 12.3. The first-order chi connectivity index (χ1) is 11.3. The molecule has 1 N–H and O–H groups in total. The Morgan fingerprint density at radius 2 is 2.00 bits per heavy atom. The monoisotopic (exact) mass is 328 g/mol. The zero-order valence-corrected chi connectivity index (χ0v) is 14.2. The van der Waals surface area contributed by atoms with Crippen molar-refractivity contribution in [2.24, 2.45) is 0 Å². The number of benzene rings is 1. The number of aromatic nitrogens is 1. The lowest BCUT2D eigenvalue weighted by molar-refractivity contribution is -0.385. The topological polar surface area (TPSA) is 88.4 Å². The van der Waals surface area contributed by atoms with Gasteiger partial charge in [0, 0.05) is 18.8 Å². The quantitative estimate of drug-likeness (QED) is 0.673. The molecule has 0 aliphatic heterocycles. The van der Waals surface area contributed by atoms with Crippen LogP contribution in [0, 0.1) is 30.9 Å². The molecule has 0 spiro atoms. The first kappa shape index (κ1) is 17.4. The summed E-state index contributed by atoms with van der Waals surface area (Å²) in [6.45, 7) is 5.77. The van der Waals surface area contributed by atoms with Crippen LogP contribution in [0.2, 0.25) is 0 Å². The molecule has 2 rings (SSSR count). The predicted octanol–water partition coefficient (Wildman–Crippen LogP) is 2.99. The molecule has 24 heavy (non-hydrogen) atoms. The molecular weight excluding hydrogens is 308 g/mol. The number of nitro groups is 1. The van der Waals surface area contributed by atoms with Gasteiger partial charge in [0.1, 0.15) is 12.0 Å². The van der Waals surface area contributed by atoms with Crippen LogP contribution in [0.3, 0.4) is 0 Å². The van der Waals surface area contributed by atoms with Crippen LogP contribution >= 0.6 is 0 Å². The van der Waals surface area contributed by atoms with E-state index in [0.29, 0.717) is 11.4 Å². The van der Waals surface area contributed by atoms with Gasteiger partial charge in [0.15, 0.2) is 0 Å². The molecule has 0 unspecified atom stereocenters. The Morgan fingerprint density at radius 3 is 2.62 bits per heavy atom. The summed E-state index contributed by atoms with van der Waals surface area (Å²) in [6.07, 6.45) is 1.20. The number of likely N-dealkylation sites (N-methyl/N-ethyl adjacent to an activating group) is 1. The zero-order chi connectivity index (χ0) is 17.9. The number of aryl methyl sites for hydroxylation is 2. The van der Waals surface area contributed by atoms with Crippen molar-refractivity contribution >= 4 is 23.1 Å². The van der Waals surface area contributed by atoms with Crippen molar-refractivity contribution in [3.63, 3.8) is 0 Å². The first-order valence-electron chi connectivity index (χ1n) is 7.48. The number of anilines is 2. The second-order valence-electron chi connectivity index (χ2n) is 5.74. The Labute approximate surface area is 140 Å². The van der Waals surface area contributed by atoms with Crippen molar-refractivity contribution in [1.82, 2.24) is 4.98 Å². The van der Waals surface area contributed by atoms with Gasteiger partial charge in [-0.2, -0.15) is 0 Å². The van der Waals surface area contributed by atoms with Gasteiger partial charge in [-0.05, 0) is 43.5 Å². The van der Waals surface area contributed by atoms with Gasteiger partial charge in [-0.25, -0.2) is 4.98 Å². The smallest absolute Gasteiger partial charge is 0.287 e. The fourth-order valence-corrected chi connectivity index (χ4v) is 2.42. The van der Waals surface area contributed by atoms with Gasteiger partial charge >= 0.3 is 0 Å². The largest absolute Gasteiger partial charge is 0.350 e. The van der Waals surface area contributed by atoms with E-state index in [1.165, 1.54) is 12.3 Å². The average Bonchev–Trinajstić information content (AvgIpc) is 2.51. The van der Waals surface area contributed by atoms with Crippen LogP contribution in [0.4, 0.5) is 17.2 Å². The third kappa shape index (κ3) is 3.87. The molecule has 2 aromatic rings. The molecule has 1 amide bonds. The Hall–Kier alpha value is -2.96. The lowest BCUT2D eigenvalue weighted by atomic mass is 10.1. The van der Waals surface area contributed by atoms with Crippen molar-refractivity contribution in [2.45, 2.75) is 20.8 Å². The number of hydrogen-bond acceptors (Lipinski definition) is 5. The molecule has 0 bridgehead atoms. The van der Waals surface area contributed by atoms with Crippen LogP contribution in [0.15, 0.2) is 30.5 Å². The van der Waals surface area contributed by atoms with Gasteiger partial charge in [0.05, 0.1) is 11.5 Å². The van der Waals surface area contributed by atoms with Crippen molar-refractivity contribution in [3.8, 4) is 0 Å². The van der Waals surface area contributed by atoms with E-state index in [-0.39, 0.29) is 18.1 Å². The van der Waals surface area contributed by atoms with E-state index in [9.17, 15) is 14.9 Å². The Kier molecular flexibility index (Phi) is 5.13. The van der Waals surface area contributed by atoms with Crippen molar-refractivity contribution in [3.05, 3.63) is 57.3 Å². The highest BCUT2D eigenvalue weighted by Crippen LogP contribution is 2.21. The number of nitrogens with one attached hydrogen (secondary N) is 1. The summed E-state index contributed by atoms with van der Waals surface area (Å²) in [5, 5.41) is 13.6. The Bertz CT molecular complexity index is 789. The van der Waals surface area contributed by atoms with Gasteiger partial charge in [0.25, 0.3) is 5.69 Å². The maximum atomic E-state index is 12.3. The van der Waals surface area contributed by atoms with Crippen molar-refractivity contribution in [2.75, 3.05) is 23.8 Å². The summed E-state index contributed by atoms with van der Waals surface area (Å²) in [6, 6.07) is 7.18. The average molecular weight is 328 g/mol. The zero-order valence-electron chi connectivity index (χ0n) is 14.2. The van der Waals surface area contributed by atoms with Gasteiger partial charge in [-0.3, -0.25) is 14.9 Å². The van der Waals surface area contributed by atoms with E-state index < -0.39 is 4.92 Å². The number of pyridine rings is 1. The minimum absolute atomic E-state index is 0.0653. The normalized spacial score (nSPS) is 10.3. The summed E-state index contributed by atoms with van der Waals surface area (Å²) in [7, 11) is 1.73. The highest BCUT2D eigenvalue weighted by molar-refractivity contribution is 5.94. The lowest BCUT2D eigenvalue weighted by Crippen LogP contribution is -2.31. The minimum Gasteiger partial charge on any atom is -0.350 e. The first-order valence-corrected chi connectivity index (χ1v) is 7.48. The van der Waals surface area contributed by atoms with Crippen LogP contribution in [0.5, 0.6) is 0 Å². The van der Waals surface area contributed by atoms with E-state index in [2.05, 4.69) is 10.3 Å². The molecular formula is C17H20N4O3. The Balaban J connectivity index is 2.09. The summed E-state index contributed by atoms with van der Waals surface area (Å²) in [5.74, 6) is 0.363. The summed E-state index contributed by atoms with van der Waals surface area (Å²) < 4.78 is 0. The predicted molar refractivity (Wildman–Crippen MR) is 93.4 cm³/mol. The lowest BCUT2D eigenvalue weighted by Gasteiger charge is -2.20. The second kappa shape index (κ2) is 7.08. The van der Waals surface area contributed by atoms with E-state index >= 15 is 0 Å². The van der Waals surface area contributed by atoms with Crippen molar-refractivity contribution < 1.29 is 9.72 Å². The molecule has 1 aromatic heterocycles. The molecule has 126 valence electrons. The molecule has 0 fully saturated rings. The van der Waals surface area contributed by atoms with Gasteiger partial charge in [0.2, 0.25) is 5.91 Å². The summed E-state index contributed by atoms with van der Waals surface area (Å²) in [4.78, 5) is 28.3. The van der Waals surface area contributed by atoms with Crippen LogP contribution in [-0.2, 0) is 4.79 Å². The molecule has 7 heteroatoms. The minimum atomic E-state index is -0.489. The number of amides is 1. The summed E-state index contributed by atoms with van der Waals surface area (Å²) >= 11 is 0.